The van der Waals surface area contributed by atoms with Crippen molar-refractivity contribution in [1.29, 1.82) is 0 Å². The van der Waals surface area contributed by atoms with Gasteiger partial charge in [0, 0.05) is 6.42 Å². The van der Waals surface area contributed by atoms with Crippen LogP contribution in [0.1, 0.15) is 271 Å². The lowest BCUT2D eigenvalue weighted by atomic mass is 10.0. The third kappa shape index (κ3) is 42.8. The molecule has 0 spiro atoms. The maximum atomic E-state index is 13.2. The number of amides is 1. The number of rotatable bonds is 47. The molecule has 0 fully saturated rings. The molecular formula is C54H101NO5. The molecule has 1 amide bonds. The van der Waals surface area contributed by atoms with E-state index < -0.39 is 18.2 Å². The monoisotopic (exact) mass is 844 g/mol. The fourth-order valence-electron chi connectivity index (χ4n) is 8.03. The molecule has 0 radical (unpaired) electrons. The molecule has 0 rings (SSSR count). The van der Waals surface area contributed by atoms with Crippen LogP contribution in [0.2, 0.25) is 0 Å². The van der Waals surface area contributed by atoms with E-state index in [1.54, 1.807) is 0 Å². The quantitative estimate of drug-likeness (QED) is 0.0322. The Hall–Kier alpha value is -1.92. The van der Waals surface area contributed by atoms with Crippen molar-refractivity contribution in [3.8, 4) is 0 Å². The van der Waals surface area contributed by atoms with Gasteiger partial charge in [0.1, 0.15) is 6.10 Å². The summed E-state index contributed by atoms with van der Waals surface area (Å²) in [4.78, 5) is 26.1. The van der Waals surface area contributed by atoms with Gasteiger partial charge < -0.3 is 20.3 Å². The molecule has 0 aromatic rings. The highest BCUT2D eigenvalue weighted by Crippen LogP contribution is 2.18. The number of aliphatic hydroxyl groups excluding tert-OH is 2. The summed E-state index contributed by atoms with van der Waals surface area (Å²) < 4.78 is 5.93. The number of aliphatic hydroxyl groups is 2. The van der Waals surface area contributed by atoms with Crippen LogP contribution >= 0.6 is 0 Å². The molecule has 0 saturated heterocycles. The molecule has 0 heterocycles. The van der Waals surface area contributed by atoms with Crippen molar-refractivity contribution in [2.75, 3.05) is 6.61 Å². The maximum absolute atomic E-state index is 13.2. The van der Waals surface area contributed by atoms with Gasteiger partial charge in [-0.15, -0.1) is 0 Å². The number of allylic oxidation sites excluding steroid dienone is 6. The van der Waals surface area contributed by atoms with Gasteiger partial charge in [0.05, 0.1) is 25.2 Å². The minimum absolute atomic E-state index is 0.0662. The number of carbonyl (C=O) groups excluding carboxylic acids is 2. The third-order valence-corrected chi connectivity index (χ3v) is 12.0. The van der Waals surface area contributed by atoms with Crippen LogP contribution in [0.5, 0.6) is 0 Å². The van der Waals surface area contributed by atoms with Gasteiger partial charge in [-0.3, -0.25) is 9.59 Å². The topological polar surface area (TPSA) is 95.9 Å². The fraction of sp³-hybridized carbons (Fsp3) is 0.852. The Morgan fingerprint density at radius 1 is 0.500 bits per heavy atom. The highest BCUT2D eigenvalue weighted by Gasteiger charge is 2.24. The first-order chi connectivity index (χ1) is 29.5. The Bertz CT molecular complexity index is 993. The lowest BCUT2D eigenvalue weighted by Crippen LogP contribution is -2.46. The zero-order valence-corrected chi connectivity index (χ0v) is 40.1. The number of hydrogen-bond acceptors (Lipinski definition) is 5. The van der Waals surface area contributed by atoms with Crippen molar-refractivity contribution in [3.63, 3.8) is 0 Å². The fourth-order valence-corrected chi connectivity index (χ4v) is 8.03. The molecule has 6 heteroatoms. The van der Waals surface area contributed by atoms with Gasteiger partial charge in [-0.1, -0.05) is 237 Å². The van der Waals surface area contributed by atoms with Crippen molar-refractivity contribution in [2.45, 2.75) is 289 Å². The summed E-state index contributed by atoms with van der Waals surface area (Å²) in [5, 5.41) is 23.7. The molecule has 0 aromatic heterocycles. The molecule has 0 aliphatic heterocycles. The first-order valence-corrected chi connectivity index (χ1v) is 26.2. The van der Waals surface area contributed by atoms with Gasteiger partial charge in [0.25, 0.3) is 0 Å². The van der Waals surface area contributed by atoms with E-state index in [0.717, 1.165) is 89.9 Å². The summed E-state index contributed by atoms with van der Waals surface area (Å²) in [5.41, 5.74) is 0. The normalized spacial score (nSPS) is 13.5. The average Bonchev–Trinajstić information content (AvgIpc) is 3.24. The molecule has 3 N–H and O–H groups in total. The number of esters is 1. The van der Waals surface area contributed by atoms with Crippen molar-refractivity contribution in [1.82, 2.24) is 5.32 Å². The van der Waals surface area contributed by atoms with Crippen LogP contribution in [0.3, 0.4) is 0 Å². The van der Waals surface area contributed by atoms with Crippen molar-refractivity contribution < 1.29 is 24.5 Å². The Morgan fingerprint density at radius 2 is 0.900 bits per heavy atom. The standard InChI is InChI=1S/C54H101NO5/c1-4-7-10-13-16-19-22-24-26-27-28-30-32-35-38-41-44-47-54(59)60-50(45-42-39-36-33-31-29-25-23-20-17-14-11-8-5-2)48-53(58)55-51(49-56)52(57)46-43-40-37-34-21-18-15-12-9-6-3/h8,11,17,20,25,29,50-52,56-57H,4-7,9-10,12-16,18-19,21-24,26-28,30-49H2,1-3H3,(H,55,58)/b11-8+,20-17+,29-25+. The smallest absolute Gasteiger partial charge is 0.306 e. The van der Waals surface area contributed by atoms with Crippen molar-refractivity contribution in [3.05, 3.63) is 36.5 Å². The van der Waals surface area contributed by atoms with E-state index in [0.29, 0.717) is 19.3 Å². The first-order valence-electron chi connectivity index (χ1n) is 26.2. The average molecular weight is 844 g/mol. The number of nitrogens with one attached hydrogen (secondary N) is 1. The predicted octanol–water partition coefficient (Wildman–Crippen LogP) is 15.7. The van der Waals surface area contributed by atoms with Gasteiger partial charge in [0.2, 0.25) is 5.91 Å². The van der Waals surface area contributed by atoms with E-state index in [4.69, 9.17) is 4.74 Å². The Balaban J connectivity index is 4.55. The summed E-state index contributed by atoms with van der Waals surface area (Å²) in [6.07, 6.45) is 56.4. The van der Waals surface area contributed by atoms with E-state index in [-0.39, 0.29) is 24.9 Å². The molecule has 352 valence electrons. The number of unbranched alkanes of at least 4 members (excludes halogenated alkanes) is 29. The van der Waals surface area contributed by atoms with Crippen molar-refractivity contribution in [2.24, 2.45) is 0 Å². The Kier molecular flexibility index (Phi) is 46.6. The van der Waals surface area contributed by atoms with Crippen LogP contribution < -0.4 is 5.32 Å². The van der Waals surface area contributed by atoms with E-state index in [1.807, 2.05) is 0 Å². The molecule has 0 saturated carbocycles. The van der Waals surface area contributed by atoms with E-state index >= 15 is 0 Å². The number of carbonyl (C=O) groups is 2. The zero-order valence-electron chi connectivity index (χ0n) is 40.1. The number of hydrogen-bond donors (Lipinski definition) is 3. The largest absolute Gasteiger partial charge is 0.462 e. The summed E-state index contributed by atoms with van der Waals surface area (Å²) in [6.45, 7) is 6.37. The molecule has 0 aromatic carbocycles. The van der Waals surface area contributed by atoms with E-state index in [1.165, 1.54) is 135 Å². The molecule has 60 heavy (non-hydrogen) atoms. The minimum Gasteiger partial charge on any atom is -0.462 e. The highest BCUT2D eigenvalue weighted by atomic mass is 16.5. The second-order valence-corrected chi connectivity index (χ2v) is 17.9. The summed E-state index contributed by atoms with van der Waals surface area (Å²) in [7, 11) is 0. The van der Waals surface area contributed by atoms with Crippen LogP contribution in [0, 0.1) is 0 Å². The summed E-state index contributed by atoms with van der Waals surface area (Å²) in [5.74, 6) is -0.485. The molecular weight excluding hydrogens is 743 g/mol. The zero-order chi connectivity index (χ0) is 43.8. The van der Waals surface area contributed by atoms with Crippen LogP contribution in [0.4, 0.5) is 0 Å². The highest BCUT2D eigenvalue weighted by molar-refractivity contribution is 5.77. The molecule has 0 aliphatic rings. The number of ether oxygens (including phenoxy) is 1. The third-order valence-electron chi connectivity index (χ3n) is 12.0. The van der Waals surface area contributed by atoms with Gasteiger partial charge >= 0.3 is 5.97 Å². The van der Waals surface area contributed by atoms with Gasteiger partial charge in [-0.2, -0.15) is 0 Å². The molecule has 6 nitrogen and oxygen atoms in total. The predicted molar refractivity (Wildman–Crippen MR) is 259 cm³/mol. The molecule has 3 unspecified atom stereocenters. The van der Waals surface area contributed by atoms with Crippen LogP contribution in [0.25, 0.3) is 0 Å². The van der Waals surface area contributed by atoms with Gasteiger partial charge in [-0.05, 0) is 57.8 Å². The van der Waals surface area contributed by atoms with Crippen LogP contribution in [-0.4, -0.2) is 46.9 Å². The molecule has 0 aliphatic carbocycles. The van der Waals surface area contributed by atoms with E-state index in [2.05, 4.69) is 62.5 Å². The molecule has 0 bridgehead atoms. The molecule has 3 atom stereocenters. The lowest BCUT2D eigenvalue weighted by molar-refractivity contribution is -0.151. The van der Waals surface area contributed by atoms with Gasteiger partial charge in [0.15, 0.2) is 0 Å². The lowest BCUT2D eigenvalue weighted by Gasteiger charge is -2.24. The minimum atomic E-state index is -0.790. The summed E-state index contributed by atoms with van der Waals surface area (Å²) >= 11 is 0. The second kappa shape index (κ2) is 48.1. The second-order valence-electron chi connectivity index (χ2n) is 17.9. The van der Waals surface area contributed by atoms with Crippen LogP contribution in [-0.2, 0) is 14.3 Å². The first kappa shape index (κ1) is 58.1. The van der Waals surface area contributed by atoms with Gasteiger partial charge in [-0.25, -0.2) is 0 Å². The SMILES string of the molecule is CC/C=C/C/C=C/C/C=C/CCCCCCC(CC(=O)NC(CO)C(O)CCCCCCCCCCCC)OC(=O)CCCCCCCCCCCCCCCCCCC. The van der Waals surface area contributed by atoms with Crippen molar-refractivity contribution >= 4 is 11.9 Å². The van der Waals surface area contributed by atoms with E-state index in [9.17, 15) is 19.8 Å². The van der Waals surface area contributed by atoms with Crippen LogP contribution in [0.15, 0.2) is 36.5 Å². The Labute approximate surface area is 373 Å². The Morgan fingerprint density at radius 3 is 1.37 bits per heavy atom. The summed E-state index contributed by atoms with van der Waals surface area (Å²) in [6, 6.07) is -0.705. The maximum Gasteiger partial charge on any atom is 0.306 e.